The van der Waals surface area contributed by atoms with E-state index in [1.54, 1.807) is 20.8 Å². The number of amides is 1. The first kappa shape index (κ1) is 17.9. The molecular weight excluding hydrogens is 308 g/mol. The molecule has 132 valence electrons. The monoisotopic (exact) mass is 333 g/mol. The van der Waals surface area contributed by atoms with Crippen molar-refractivity contribution in [2.24, 2.45) is 11.3 Å². The van der Waals surface area contributed by atoms with E-state index in [1.807, 2.05) is 0 Å². The molecule has 1 aliphatic carbocycles. The zero-order valence-electron chi connectivity index (χ0n) is 14.2. The number of methoxy groups -OCH3 is 1. The molecule has 1 saturated carbocycles. The number of carbonyl (C=O) groups is 2. The van der Waals surface area contributed by atoms with E-state index in [2.05, 4.69) is 4.74 Å². The average molecular weight is 333 g/mol. The van der Waals surface area contributed by atoms with Gasteiger partial charge in [-0.2, -0.15) is 0 Å². The molecule has 5 nitrogen and oxygen atoms in total. The lowest BCUT2D eigenvalue weighted by Gasteiger charge is -2.43. The van der Waals surface area contributed by atoms with Gasteiger partial charge >= 0.3 is 12.1 Å². The number of esters is 1. The molecule has 0 N–H and O–H groups in total. The number of halogens is 2. The van der Waals surface area contributed by atoms with Gasteiger partial charge in [0.2, 0.25) is 0 Å². The fourth-order valence-corrected chi connectivity index (χ4v) is 3.57. The molecule has 0 aromatic rings. The van der Waals surface area contributed by atoms with Crippen LogP contribution < -0.4 is 0 Å². The highest BCUT2D eigenvalue weighted by Gasteiger charge is 2.65. The van der Waals surface area contributed by atoms with E-state index in [0.29, 0.717) is 0 Å². The first-order valence-electron chi connectivity index (χ1n) is 7.96. The van der Waals surface area contributed by atoms with Crippen LogP contribution in [0.2, 0.25) is 0 Å². The van der Waals surface area contributed by atoms with E-state index in [1.165, 1.54) is 4.90 Å². The van der Waals surface area contributed by atoms with E-state index in [4.69, 9.17) is 4.74 Å². The zero-order valence-corrected chi connectivity index (χ0v) is 14.2. The van der Waals surface area contributed by atoms with Crippen LogP contribution in [0.25, 0.3) is 0 Å². The smallest absolute Gasteiger partial charge is 0.410 e. The summed E-state index contributed by atoms with van der Waals surface area (Å²) in [6.07, 6.45) is 0.284. The van der Waals surface area contributed by atoms with Crippen LogP contribution in [0.15, 0.2) is 0 Å². The Morgan fingerprint density at radius 3 is 2.17 bits per heavy atom. The third kappa shape index (κ3) is 3.28. The Bertz CT molecular complexity index is 479. The maximum atomic E-state index is 14.8. The van der Waals surface area contributed by atoms with Gasteiger partial charge < -0.3 is 14.4 Å². The van der Waals surface area contributed by atoms with E-state index < -0.39 is 34.9 Å². The summed E-state index contributed by atoms with van der Waals surface area (Å²) in [4.78, 5) is 25.1. The molecule has 0 radical (unpaired) electrons. The van der Waals surface area contributed by atoms with E-state index in [0.717, 1.165) is 7.11 Å². The van der Waals surface area contributed by atoms with Crippen molar-refractivity contribution in [1.29, 1.82) is 0 Å². The van der Waals surface area contributed by atoms with Gasteiger partial charge in [0.25, 0.3) is 5.92 Å². The number of hydrogen-bond donors (Lipinski definition) is 0. The molecule has 1 heterocycles. The Balaban J connectivity index is 2.03. The maximum absolute atomic E-state index is 14.8. The molecule has 1 spiro atoms. The van der Waals surface area contributed by atoms with Gasteiger partial charge in [0.15, 0.2) is 0 Å². The summed E-state index contributed by atoms with van der Waals surface area (Å²) in [5.74, 6) is -5.32. The van der Waals surface area contributed by atoms with E-state index in [-0.39, 0.29) is 38.8 Å². The molecular formula is C16H25F2NO4. The summed E-state index contributed by atoms with van der Waals surface area (Å²) in [7, 11) is 1.13. The van der Waals surface area contributed by atoms with Crippen molar-refractivity contribution in [3.8, 4) is 0 Å². The first-order chi connectivity index (χ1) is 10.5. The van der Waals surface area contributed by atoms with Crippen LogP contribution >= 0.6 is 0 Å². The summed E-state index contributed by atoms with van der Waals surface area (Å²) in [6, 6.07) is 0. The average Bonchev–Trinajstić information content (AvgIpc) is 2.69. The number of likely N-dealkylation sites (tertiary alicyclic amines) is 1. The molecule has 1 saturated heterocycles. The molecule has 1 atom stereocenters. The van der Waals surface area contributed by atoms with E-state index >= 15 is 0 Å². The minimum atomic E-state index is -3.10. The Labute approximate surface area is 135 Å². The molecule has 2 fully saturated rings. The summed E-state index contributed by atoms with van der Waals surface area (Å²) < 4.78 is 39.3. The Morgan fingerprint density at radius 2 is 1.70 bits per heavy atom. The minimum Gasteiger partial charge on any atom is -0.469 e. The predicted octanol–water partition coefficient (Wildman–Crippen LogP) is 3.22. The molecule has 0 aromatic carbocycles. The van der Waals surface area contributed by atoms with Crippen LogP contribution in [0.3, 0.4) is 0 Å². The molecule has 0 bridgehead atoms. The highest BCUT2D eigenvalue weighted by atomic mass is 19.3. The van der Waals surface area contributed by atoms with Crippen LogP contribution in [-0.4, -0.2) is 48.7 Å². The van der Waals surface area contributed by atoms with Gasteiger partial charge in [0.1, 0.15) is 11.5 Å². The molecule has 1 aliphatic heterocycles. The number of ether oxygens (including phenoxy) is 2. The predicted molar refractivity (Wildman–Crippen MR) is 79.2 cm³/mol. The summed E-state index contributed by atoms with van der Waals surface area (Å²) in [5.41, 5.74) is -1.83. The topological polar surface area (TPSA) is 55.8 Å². The summed E-state index contributed by atoms with van der Waals surface area (Å²) in [6.45, 7) is 5.74. The van der Waals surface area contributed by atoms with Crippen molar-refractivity contribution in [2.45, 2.75) is 58.0 Å². The zero-order chi connectivity index (χ0) is 17.5. The van der Waals surface area contributed by atoms with Crippen molar-refractivity contribution in [3.05, 3.63) is 0 Å². The first-order valence-corrected chi connectivity index (χ1v) is 7.96. The number of piperidine rings is 1. The third-order valence-corrected chi connectivity index (χ3v) is 4.91. The largest absolute Gasteiger partial charge is 0.469 e. The van der Waals surface area contributed by atoms with Gasteiger partial charge in [-0.3, -0.25) is 4.79 Å². The highest BCUT2D eigenvalue weighted by molar-refractivity contribution is 5.74. The van der Waals surface area contributed by atoms with Crippen LogP contribution in [0.4, 0.5) is 13.6 Å². The van der Waals surface area contributed by atoms with Gasteiger partial charge in [0.05, 0.1) is 7.11 Å². The summed E-state index contributed by atoms with van der Waals surface area (Å²) >= 11 is 0. The van der Waals surface area contributed by atoms with Gasteiger partial charge in [-0.25, -0.2) is 13.6 Å². The normalized spacial score (nSPS) is 26.2. The minimum absolute atomic E-state index is 0.131. The van der Waals surface area contributed by atoms with Crippen LogP contribution in [0, 0.1) is 11.3 Å². The third-order valence-electron chi connectivity index (χ3n) is 4.91. The molecule has 1 unspecified atom stereocenters. The van der Waals surface area contributed by atoms with Crippen LogP contribution in [0.5, 0.6) is 0 Å². The Kier molecular flexibility index (Phi) is 4.61. The molecule has 23 heavy (non-hydrogen) atoms. The maximum Gasteiger partial charge on any atom is 0.410 e. The molecule has 2 rings (SSSR count). The molecule has 1 amide bonds. The highest BCUT2D eigenvalue weighted by Crippen LogP contribution is 2.59. The lowest BCUT2D eigenvalue weighted by Crippen LogP contribution is -2.51. The second-order valence-corrected chi connectivity index (χ2v) is 7.49. The lowest BCUT2D eigenvalue weighted by atomic mass is 9.73. The molecule has 7 heteroatoms. The Morgan fingerprint density at radius 1 is 1.13 bits per heavy atom. The second-order valence-electron chi connectivity index (χ2n) is 7.49. The number of nitrogens with zero attached hydrogens (tertiary/aromatic N) is 1. The molecule has 2 aliphatic rings. The standard InChI is InChI=1S/C16H25F2NO4/c1-14(2,3)23-13(21)19-9-7-15(8-10-19)6-5-11(12(20)22-4)16(15,17)18/h11H,5-10H2,1-4H3. The number of carbonyl (C=O) groups excluding carboxylic acids is 2. The van der Waals surface area contributed by atoms with Gasteiger partial charge in [-0.1, -0.05) is 0 Å². The van der Waals surface area contributed by atoms with Crippen LogP contribution in [-0.2, 0) is 14.3 Å². The summed E-state index contributed by atoms with van der Waals surface area (Å²) in [5, 5.41) is 0. The van der Waals surface area contributed by atoms with Crippen molar-refractivity contribution >= 4 is 12.1 Å². The lowest BCUT2D eigenvalue weighted by molar-refractivity contribution is -0.178. The van der Waals surface area contributed by atoms with Gasteiger partial charge in [0, 0.05) is 18.5 Å². The fraction of sp³-hybridized carbons (Fsp3) is 0.875. The van der Waals surface area contributed by atoms with Crippen molar-refractivity contribution in [2.75, 3.05) is 20.2 Å². The van der Waals surface area contributed by atoms with Crippen molar-refractivity contribution in [1.82, 2.24) is 4.90 Å². The number of rotatable bonds is 1. The van der Waals surface area contributed by atoms with Crippen molar-refractivity contribution in [3.63, 3.8) is 0 Å². The van der Waals surface area contributed by atoms with Gasteiger partial charge in [-0.05, 0) is 46.5 Å². The van der Waals surface area contributed by atoms with E-state index in [9.17, 15) is 18.4 Å². The second kappa shape index (κ2) is 5.91. The van der Waals surface area contributed by atoms with Gasteiger partial charge in [-0.15, -0.1) is 0 Å². The molecule has 0 aromatic heterocycles. The fourth-order valence-electron chi connectivity index (χ4n) is 3.57. The SMILES string of the molecule is COC(=O)C1CCC2(CCN(C(=O)OC(C)(C)C)CC2)C1(F)F. The van der Waals surface area contributed by atoms with Crippen LogP contribution in [0.1, 0.15) is 46.5 Å². The number of hydrogen-bond acceptors (Lipinski definition) is 4. The Hall–Kier alpha value is -1.40. The number of alkyl halides is 2. The quantitative estimate of drug-likeness (QED) is 0.691. The van der Waals surface area contributed by atoms with Crippen molar-refractivity contribution < 1.29 is 27.8 Å².